The number of benzene rings is 1. The smallest absolute Gasteiger partial charge is 0.255 e. The maximum absolute atomic E-state index is 12.3. The molecule has 1 heterocycles. The van der Waals surface area contributed by atoms with Crippen molar-refractivity contribution in [3.63, 3.8) is 0 Å². The van der Waals surface area contributed by atoms with Gasteiger partial charge in [0.05, 0.1) is 11.8 Å². The molecule has 2 amide bonds. The second-order valence-electron chi connectivity index (χ2n) is 4.91. The molecule has 0 fully saturated rings. The summed E-state index contributed by atoms with van der Waals surface area (Å²) in [4.78, 5) is 23.1. The molecule has 1 aromatic heterocycles. The highest BCUT2D eigenvalue weighted by Crippen LogP contribution is 2.18. The molecule has 116 valence electrons. The van der Waals surface area contributed by atoms with E-state index in [0.717, 1.165) is 5.76 Å². The fourth-order valence-corrected chi connectivity index (χ4v) is 2.01. The lowest BCUT2D eigenvalue weighted by atomic mass is 10.1. The lowest BCUT2D eigenvalue weighted by Gasteiger charge is -2.15. The van der Waals surface area contributed by atoms with Crippen LogP contribution >= 0.6 is 0 Å². The molecule has 0 radical (unpaired) electrons. The number of nitrogens with two attached hydrogens (primary N) is 1. The summed E-state index contributed by atoms with van der Waals surface area (Å²) in [5.74, 6) is 0.246. The van der Waals surface area contributed by atoms with Gasteiger partial charge in [-0.15, -0.1) is 0 Å². The largest absolute Gasteiger partial charge is 0.483 e. The number of hydrogen-bond donors (Lipinski definition) is 2. The quantitative estimate of drug-likeness (QED) is 0.810. The average Bonchev–Trinajstić information content (AvgIpc) is 2.98. The minimum absolute atomic E-state index is 0.108. The summed E-state index contributed by atoms with van der Waals surface area (Å²) >= 11 is 0. The highest BCUT2D eigenvalue weighted by Gasteiger charge is 2.15. The third-order valence-corrected chi connectivity index (χ3v) is 2.97. The average molecular weight is 302 g/mol. The lowest BCUT2D eigenvalue weighted by Crippen LogP contribution is -2.34. The van der Waals surface area contributed by atoms with Crippen LogP contribution in [0.15, 0.2) is 47.1 Å². The normalized spacial score (nSPS) is 11.7. The summed E-state index contributed by atoms with van der Waals surface area (Å²) in [5.41, 5.74) is 5.40. The Balaban J connectivity index is 2.01. The Morgan fingerprint density at radius 3 is 2.73 bits per heavy atom. The van der Waals surface area contributed by atoms with Crippen molar-refractivity contribution in [1.29, 1.82) is 0 Å². The summed E-state index contributed by atoms with van der Waals surface area (Å²) in [6.45, 7) is 1.61. The number of nitrogens with one attached hydrogen (secondary N) is 1. The number of primary amides is 1. The molecule has 0 spiro atoms. The first-order chi connectivity index (χ1) is 10.6. The van der Waals surface area contributed by atoms with Gasteiger partial charge in [-0.3, -0.25) is 9.59 Å². The van der Waals surface area contributed by atoms with E-state index in [1.165, 1.54) is 0 Å². The zero-order valence-corrected chi connectivity index (χ0v) is 12.2. The molecule has 0 bridgehead atoms. The summed E-state index contributed by atoms with van der Waals surface area (Å²) < 4.78 is 10.5. The lowest BCUT2D eigenvalue weighted by molar-refractivity contribution is -0.119. The van der Waals surface area contributed by atoms with Crippen LogP contribution in [-0.2, 0) is 11.2 Å². The van der Waals surface area contributed by atoms with Gasteiger partial charge in [0.2, 0.25) is 0 Å². The van der Waals surface area contributed by atoms with Crippen molar-refractivity contribution in [1.82, 2.24) is 5.32 Å². The number of hydrogen-bond acceptors (Lipinski definition) is 4. The molecule has 1 atom stereocenters. The van der Waals surface area contributed by atoms with Crippen molar-refractivity contribution in [3.05, 3.63) is 54.0 Å². The number of amides is 2. The van der Waals surface area contributed by atoms with Crippen molar-refractivity contribution in [2.24, 2.45) is 5.73 Å². The van der Waals surface area contributed by atoms with Crippen LogP contribution in [0.1, 0.15) is 23.0 Å². The van der Waals surface area contributed by atoms with Gasteiger partial charge in [0.15, 0.2) is 6.61 Å². The third-order valence-electron chi connectivity index (χ3n) is 2.97. The van der Waals surface area contributed by atoms with Crippen LogP contribution in [0, 0.1) is 0 Å². The van der Waals surface area contributed by atoms with E-state index < -0.39 is 5.91 Å². The van der Waals surface area contributed by atoms with Gasteiger partial charge in [-0.05, 0) is 31.2 Å². The van der Waals surface area contributed by atoms with E-state index in [1.807, 2.05) is 13.0 Å². The van der Waals surface area contributed by atoms with E-state index in [4.69, 9.17) is 14.9 Å². The Kier molecular flexibility index (Phi) is 5.19. The fraction of sp³-hybridized carbons (Fsp3) is 0.250. The van der Waals surface area contributed by atoms with Crippen molar-refractivity contribution >= 4 is 11.8 Å². The Hall–Kier alpha value is -2.76. The van der Waals surface area contributed by atoms with E-state index in [0.29, 0.717) is 17.7 Å². The van der Waals surface area contributed by atoms with E-state index in [2.05, 4.69) is 5.32 Å². The molecule has 3 N–H and O–H groups in total. The summed E-state index contributed by atoms with van der Waals surface area (Å²) in [7, 11) is 0. The van der Waals surface area contributed by atoms with Crippen molar-refractivity contribution < 1.29 is 18.7 Å². The van der Waals surface area contributed by atoms with Gasteiger partial charge < -0.3 is 20.2 Å². The minimum atomic E-state index is -0.596. The zero-order valence-electron chi connectivity index (χ0n) is 12.2. The predicted octanol–water partition coefficient (Wildman–Crippen LogP) is 1.50. The molecule has 0 unspecified atom stereocenters. The monoisotopic (exact) mass is 302 g/mol. The van der Waals surface area contributed by atoms with Gasteiger partial charge in [-0.25, -0.2) is 0 Å². The number of furan rings is 1. The SMILES string of the molecule is C[C@H](Cc1ccco1)NC(=O)c1ccccc1OCC(N)=O. The molecule has 0 aliphatic carbocycles. The molecule has 0 saturated carbocycles. The number of rotatable bonds is 7. The molecule has 2 rings (SSSR count). The molecule has 0 aliphatic rings. The van der Waals surface area contributed by atoms with Gasteiger partial charge in [0.25, 0.3) is 11.8 Å². The standard InChI is InChI=1S/C16H18N2O4/c1-11(9-12-5-4-8-21-12)18-16(20)13-6-2-3-7-14(13)22-10-15(17)19/h2-8,11H,9-10H2,1H3,(H2,17,19)(H,18,20)/t11-/m1/s1. The highest BCUT2D eigenvalue weighted by atomic mass is 16.5. The van der Waals surface area contributed by atoms with Crippen LogP contribution in [0.2, 0.25) is 0 Å². The molecule has 22 heavy (non-hydrogen) atoms. The fourth-order valence-electron chi connectivity index (χ4n) is 2.01. The molecular weight excluding hydrogens is 284 g/mol. The molecule has 1 aromatic carbocycles. The van der Waals surface area contributed by atoms with Gasteiger partial charge in [-0.1, -0.05) is 12.1 Å². The summed E-state index contributed by atoms with van der Waals surface area (Å²) in [6.07, 6.45) is 2.18. The van der Waals surface area contributed by atoms with Crippen LogP contribution < -0.4 is 15.8 Å². The highest BCUT2D eigenvalue weighted by molar-refractivity contribution is 5.97. The number of carbonyl (C=O) groups is 2. The van der Waals surface area contributed by atoms with Crippen molar-refractivity contribution in [3.8, 4) is 5.75 Å². The van der Waals surface area contributed by atoms with Crippen LogP contribution in [0.5, 0.6) is 5.75 Å². The molecule has 0 aliphatic heterocycles. The molecular formula is C16H18N2O4. The number of carbonyl (C=O) groups excluding carboxylic acids is 2. The van der Waals surface area contributed by atoms with Gasteiger partial charge >= 0.3 is 0 Å². The topological polar surface area (TPSA) is 94.6 Å². The van der Waals surface area contributed by atoms with Gasteiger partial charge in [0.1, 0.15) is 11.5 Å². The number of ether oxygens (including phenoxy) is 1. The van der Waals surface area contributed by atoms with Crippen LogP contribution in [0.4, 0.5) is 0 Å². The number of para-hydroxylation sites is 1. The molecule has 2 aromatic rings. The van der Waals surface area contributed by atoms with Crippen LogP contribution in [0.25, 0.3) is 0 Å². The first kappa shape index (κ1) is 15.6. The summed E-state index contributed by atoms with van der Waals surface area (Å²) in [5, 5.41) is 2.87. The Morgan fingerprint density at radius 2 is 2.05 bits per heavy atom. The second kappa shape index (κ2) is 7.31. The van der Waals surface area contributed by atoms with Crippen LogP contribution in [-0.4, -0.2) is 24.5 Å². The maximum atomic E-state index is 12.3. The van der Waals surface area contributed by atoms with Gasteiger partial charge in [-0.2, -0.15) is 0 Å². The second-order valence-corrected chi connectivity index (χ2v) is 4.91. The van der Waals surface area contributed by atoms with E-state index in [-0.39, 0.29) is 18.6 Å². The zero-order chi connectivity index (χ0) is 15.9. The molecule has 0 saturated heterocycles. The third kappa shape index (κ3) is 4.37. The van der Waals surface area contributed by atoms with E-state index in [9.17, 15) is 9.59 Å². The minimum Gasteiger partial charge on any atom is -0.483 e. The Morgan fingerprint density at radius 1 is 1.27 bits per heavy atom. The molecule has 6 nitrogen and oxygen atoms in total. The first-order valence-electron chi connectivity index (χ1n) is 6.89. The predicted molar refractivity (Wildman–Crippen MR) is 80.5 cm³/mol. The Bertz CT molecular complexity index is 637. The van der Waals surface area contributed by atoms with E-state index in [1.54, 1.807) is 36.6 Å². The summed E-state index contributed by atoms with van der Waals surface area (Å²) in [6, 6.07) is 10.2. The van der Waals surface area contributed by atoms with E-state index >= 15 is 0 Å². The maximum Gasteiger partial charge on any atom is 0.255 e. The molecule has 6 heteroatoms. The first-order valence-corrected chi connectivity index (χ1v) is 6.89. The van der Waals surface area contributed by atoms with Crippen molar-refractivity contribution in [2.75, 3.05) is 6.61 Å². The van der Waals surface area contributed by atoms with Crippen LogP contribution in [0.3, 0.4) is 0 Å². The Labute approximate surface area is 128 Å². The van der Waals surface area contributed by atoms with Crippen molar-refractivity contribution in [2.45, 2.75) is 19.4 Å². The van der Waals surface area contributed by atoms with Gasteiger partial charge in [0, 0.05) is 12.5 Å².